The Morgan fingerprint density at radius 2 is 1.74 bits per heavy atom. The van der Waals surface area contributed by atoms with E-state index in [-0.39, 0.29) is 0 Å². The van der Waals surface area contributed by atoms with Crippen molar-refractivity contribution >= 4 is 21.6 Å². The fraction of sp³-hybridized carbons (Fsp3) is 0.400. The van der Waals surface area contributed by atoms with Gasteiger partial charge in [-0.15, -0.1) is 0 Å². The second kappa shape index (κ2) is 5.95. The van der Waals surface area contributed by atoms with E-state index >= 15 is 0 Å². The van der Waals surface area contributed by atoms with Crippen molar-refractivity contribution in [2.24, 2.45) is 11.3 Å². The number of benzene rings is 2. The molecule has 2 fully saturated rings. The Labute approximate surface area is 147 Å². The van der Waals surface area contributed by atoms with Crippen LogP contribution in [0.5, 0.6) is 0 Å². The first-order valence-corrected chi connectivity index (χ1v) is 9.18. The van der Waals surface area contributed by atoms with E-state index in [0.717, 1.165) is 16.9 Å². The molecule has 2 aromatic carbocycles. The molecule has 0 N–H and O–H groups in total. The largest absolute Gasteiger partial charge is 0.371 e. The number of halogens is 1. The molecule has 0 aliphatic carbocycles. The number of anilines is 1. The van der Waals surface area contributed by atoms with Gasteiger partial charge in [0.2, 0.25) is 0 Å². The molecular weight excluding hydrogens is 348 g/mol. The first kappa shape index (κ1) is 15.2. The number of fused-ring (bicyclic) bond motifs is 1. The van der Waals surface area contributed by atoms with Crippen LogP contribution in [-0.4, -0.2) is 31.1 Å². The van der Waals surface area contributed by atoms with Gasteiger partial charge in [0.15, 0.2) is 0 Å². The van der Waals surface area contributed by atoms with E-state index in [4.69, 9.17) is 0 Å². The Morgan fingerprint density at radius 3 is 2.43 bits per heavy atom. The zero-order valence-corrected chi connectivity index (χ0v) is 15.2. The molecule has 0 bridgehead atoms. The van der Waals surface area contributed by atoms with E-state index in [2.05, 4.69) is 87.3 Å². The van der Waals surface area contributed by atoms with Crippen LogP contribution < -0.4 is 4.90 Å². The van der Waals surface area contributed by atoms with Crippen LogP contribution in [0.2, 0.25) is 0 Å². The van der Waals surface area contributed by atoms with Crippen LogP contribution in [0.15, 0.2) is 59.1 Å². The van der Waals surface area contributed by atoms with Crippen molar-refractivity contribution in [3.8, 4) is 0 Å². The molecule has 2 aromatic rings. The van der Waals surface area contributed by atoms with Crippen molar-refractivity contribution in [2.75, 3.05) is 31.1 Å². The highest BCUT2D eigenvalue weighted by atomic mass is 79.9. The number of likely N-dealkylation sites (tertiary alicyclic amines) is 1. The van der Waals surface area contributed by atoms with Gasteiger partial charge in [0.05, 0.1) is 0 Å². The second-order valence-electron chi connectivity index (χ2n) is 7.36. The van der Waals surface area contributed by atoms with Crippen LogP contribution in [0, 0.1) is 11.3 Å². The Morgan fingerprint density at radius 1 is 1.00 bits per heavy atom. The van der Waals surface area contributed by atoms with Gasteiger partial charge < -0.3 is 4.90 Å². The predicted octanol–water partition coefficient (Wildman–Crippen LogP) is 4.41. The molecule has 2 aliphatic heterocycles. The quantitative estimate of drug-likeness (QED) is 0.789. The van der Waals surface area contributed by atoms with Gasteiger partial charge in [0, 0.05) is 48.3 Å². The lowest BCUT2D eigenvalue weighted by Crippen LogP contribution is -2.32. The van der Waals surface area contributed by atoms with Gasteiger partial charge in [0.25, 0.3) is 0 Å². The average Bonchev–Trinajstić information content (AvgIpc) is 3.00. The van der Waals surface area contributed by atoms with Crippen LogP contribution in [0.1, 0.15) is 12.5 Å². The van der Waals surface area contributed by atoms with Crippen LogP contribution in [-0.2, 0) is 6.54 Å². The molecule has 0 radical (unpaired) electrons. The number of rotatable bonds is 3. The van der Waals surface area contributed by atoms with Gasteiger partial charge in [-0.2, -0.15) is 0 Å². The molecule has 0 spiro atoms. The fourth-order valence-electron chi connectivity index (χ4n) is 4.27. The molecule has 3 heteroatoms. The molecule has 0 aromatic heterocycles. The Kier molecular flexibility index (Phi) is 3.94. The zero-order valence-electron chi connectivity index (χ0n) is 13.6. The van der Waals surface area contributed by atoms with Crippen LogP contribution in [0.25, 0.3) is 0 Å². The molecule has 120 valence electrons. The van der Waals surface area contributed by atoms with Crippen molar-refractivity contribution < 1.29 is 0 Å². The van der Waals surface area contributed by atoms with Crippen molar-refractivity contribution in [3.05, 3.63) is 64.6 Å². The molecule has 4 rings (SSSR count). The van der Waals surface area contributed by atoms with Gasteiger partial charge in [-0.05, 0) is 35.7 Å². The summed E-state index contributed by atoms with van der Waals surface area (Å²) in [6.07, 6.45) is 0. The Balaban J connectivity index is 1.43. The molecule has 0 amide bonds. The minimum absolute atomic E-state index is 0.419. The summed E-state index contributed by atoms with van der Waals surface area (Å²) in [5.74, 6) is 0.773. The highest BCUT2D eigenvalue weighted by molar-refractivity contribution is 9.10. The molecule has 2 heterocycles. The monoisotopic (exact) mass is 370 g/mol. The van der Waals surface area contributed by atoms with Gasteiger partial charge in [-0.3, -0.25) is 4.90 Å². The average molecular weight is 371 g/mol. The van der Waals surface area contributed by atoms with Crippen molar-refractivity contribution in [1.29, 1.82) is 0 Å². The van der Waals surface area contributed by atoms with E-state index in [1.165, 1.54) is 37.4 Å². The van der Waals surface area contributed by atoms with Gasteiger partial charge >= 0.3 is 0 Å². The highest BCUT2D eigenvalue weighted by Gasteiger charge is 2.48. The van der Waals surface area contributed by atoms with Crippen LogP contribution in [0.3, 0.4) is 0 Å². The third kappa shape index (κ3) is 3.05. The van der Waals surface area contributed by atoms with E-state index in [9.17, 15) is 0 Å². The molecule has 23 heavy (non-hydrogen) atoms. The standard InChI is InChI=1S/C20H23BrN2/c1-20-14-22(11-16-5-3-2-4-6-16)12-17(20)13-23(15-20)19-9-7-18(21)8-10-19/h2-10,17H,11-15H2,1H3/t17?,20-/m1/s1. The number of hydrogen-bond donors (Lipinski definition) is 0. The van der Waals surface area contributed by atoms with Crippen molar-refractivity contribution in [3.63, 3.8) is 0 Å². The maximum absolute atomic E-state index is 3.53. The minimum Gasteiger partial charge on any atom is -0.371 e. The van der Waals surface area contributed by atoms with Crippen LogP contribution in [0.4, 0.5) is 5.69 Å². The summed E-state index contributed by atoms with van der Waals surface area (Å²) in [7, 11) is 0. The highest BCUT2D eigenvalue weighted by Crippen LogP contribution is 2.44. The van der Waals surface area contributed by atoms with Crippen LogP contribution >= 0.6 is 15.9 Å². The summed E-state index contributed by atoms with van der Waals surface area (Å²) in [6, 6.07) is 19.6. The molecule has 2 saturated heterocycles. The minimum atomic E-state index is 0.419. The smallest absolute Gasteiger partial charge is 0.0367 e. The lowest BCUT2D eigenvalue weighted by atomic mass is 9.83. The van der Waals surface area contributed by atoms with Gasteiger partial charge in [0.1, 0.15) is 0 Å². The Bertz CT molecular complexity index is 670. The molecule has 1 unspecified atom stereocenters. The molecule has 2 atom stereocenters. The van der Waals surface area contributed by atoms with Crippen molar-refractivity contribution in [2.45, 2.75) is 13.5 Å². The Hall–Kier alpha value is -1.32. The maximum Gasteiger partial charge on any atom is 0.0367 e. The number of hydrogen-bond acceptors (Lipinski definition) is 2. The van der Waals surface area contributed by atoms with Crippen molar-refractivity contribution in [1.82, 2.24) is 4.90 Å². The predicted molar refractivity (Wildman–Crippen MR) is 99.7 cm³/mol. The lowest BCUT2D eigenvalue weighted by Gasteiger charge is -2.26. The number of nitrogens with zero attached hydrogens (tertiary/aromatic N) is 2. The van der Waals surface area contributed by atoms with E-state index in [1.54, 1.807) is 0 Å². The summed E-state index contributed by atoms with van der Waals surface area (Å²) < 4.78 is 1.15. The third-order valence-electron chi connectivity index (χ3n) is 5.48. The second-order valence-corrected chi connectivity index (χ2v) is 8.28. The molecule has 2 nitrogen and oxygen atoms in total. The first-order chi connectivity index (χ1) is 11.1. The van der Waals surface area contributed by atoms with Gasteiger partial charge in [-0.25, -0.2) is 0 Å². The SMILES string of the molecule is C[C@]12CN(Cc3ccccc3)CC1CN(c1ccc(Br)cc1)C2. The van der Waals surface area contributed by atoms with Gasteiger partial charge in [-0.1, -0.05) is 53.2 Å². The normalized spacial score (nSPS) is 27.4. The maximum atomic E-state index is 3.53. The summed E-state index contributed by atoms with van der Waals surface area (Å²) in [6.45, 7) is 8.35. The summed E-state index contributed by atoms with van der Waals surface area (Å²) >= 11 is 3.53. The fourth-order valence-corrected chi connectivity index (χ4v) is 4.54. The lowest BCUT2D eigenvalue weighted by molar-refractivity contribution is 0.276. The summed E-state index contributed by atoms with van der Waals surface area (Å²) in [5.41, 5.74) is 3.21. The third-order valence-corrected chi connectivity index (χ3v) is 6.01. The summed E-state index contributed by atoms with van der Waals surface area (Å²) in [4.78, 5) is 5.20. The topological polar surface area (TPSA) is 6.48 Å². The molecule has 2 aliphatic rings. The summed E-state index contributed by atoms with van der Waals surface area (Å²) in [5, 5.41) is 0. The zero-order chi connectivity index (χ0) is 15.9. The van der Waals surface area contributed by atoms with E-state index < -0.39 is 0 Å². The van der Waals surface area contributed by atoms with E-state index in [1.807, 2.05) is 0 Å². The molecule has 0 saturated carbocycles. The van der Waals surface area contributed by atoms with E-state index in [0.29, 0.717) is 5.41 Å². The first-order valence-electron chi connectivity index (χ1n) is 8.39. The molecular formula is C20H23BrN2.